The Balaban J connectivity index is 2.80. The number of ether oxygens (including phenoxy) is 1. The zero-order valence-corrected chi connectivity index (χ0v) is 13.5. The van der Waals surface area contributed by atoms with Crippen LogP contribution in [0.25, 0.3) is 0 Å². The topological polar surface area (TPSA) is 107 Å². The summed E-state index contributed by atoms with van der Waals surface area (Å²) >= 11 is 0. The quantitative estimate of drug-likeness (QED) is 0.670. The molecule has 0 spiro atoms. The van der Waals surface area contributed by atoms with Gasteiger partial charge in [-0.25, -0.2) is 21.6 Å². The first kappa shape index (κ1) is 17.4. The van der Waals surface area contributed by atoms with Crippen molar-refractivity contribution in [3.8, 4) is 0 Å². The van der Waals surface area contributed by atoms with Crippen molar-refractivity contribution in [2.75, 3.05) is 19.1 Å². The van der Waals surface area contributed by atoms with Gasteiger partial charge in [-0.1, -0.05) is 6.42 Å². The number of methoxy groups -OCH3 is 1. The van der Waals surface area contributed by atoms with Crippen LogP contribution in [0, 0.1) is 5.92 Å². The molecule has 1 aliphatic carbocycles. The largest absolute Gasteiger partial charge is 0.469 e. The van der Waals surface area contributed by atoms with E-state index in [-0.39, 0.29) is 5.75 Å². The number of sulfonamides is 1. The van der Waals surface area contributed by atoms with Crippen molar-refractivity contribution in [1.29, 1.82) is 0 Å². The number of hydrogen-bond donors (Lipinski definition) is 1. The maximum Gasteiger partial charge on any atom is 0.310 e. The molecule has 0 saturated heterocycles. The molecule has 0 aromatic rings. The molecular weight excluding hydrogens is 306 g/mol. The molecule has 0 radical (unpaired) electrons. The van der Waals surface area contributed by atoms with Gasteiger partial charge in [0.1, 0.15) is 9.84 Å². The molecule has 0 heterocycles. The molecule has 1 saturated carbocycles. The molecule has 0 aromatic carbocycles. The van der Waals surface area contributed by atoms with Gasteiger partial charge >= 0.3 is 5.97 Å². The monoisotopic (exact) mass is 327 g/mol. The van der Waals surface area contributed by atoms with Crippen molar-refractivity contribution in [2.24, 2.45) is 5.92 Å². The standard InChI is InChI=1S/C11H21NO6S2/c1-8(7-19(3,14)15)12-20(16,17)10-6-4-5-9(10)11(13)18-2/h8-10,12H,4-7H2,1-3H3. The van der Waals surface area contributed by atoms with Crippen molar-refractivity contribution in [3.05, 3.63) is 0 Å². The van der Waals surface area contributed by atoms with Gasteiger partial charge < -0.3 is 4.74 Å². The van der Waals surface area contributed by atoms with Gasteiger partial charge in [0.15, 0.2) is 0 Å². The molecular formula is C11H21NO6S2. The fourth-order valence-electron chi connectivity index (χ4n) is 2.57. The lowest BCUT2D eigenvalue weighted by Crippen LogP contribution is -2.45. The van der Waals surface area contributed by atoms with Crippen LogP contribution in [0.5, 0.6) is 0 Å². The summed E-state index contributed by atoms with van der Waals surface area (Å²) in [5.41, 5.74) is 0. The first-order valence-corrected chi connectivity index (χ1v) is 9.94. The van der Waals surface area contributed by atoms with Crippen LogP contribution in [0.4, 0.5) is 0 Å². The van der Waals surface area contributed by atoms with Gasteiger partial charge in [-0.2, -0.15) is 0 Å². The zero-order valence-electron chi connectivity index (χ0n) is 11.8. The summed E-state index contributed by atoms with van der Waals surface area (Å²) in [6.07, 6.45) is 2.52. The number of rotatable bonds is 6. The van der Waals surface area contributed by atoms with E-state index in [4.69, 9.17) is 0 Å². The van der Waals surface area contributed by atoms with Crippen molar-refractivity contribution in [3.63, 3.8) is 0 Å². The number of hydrogen-bond acceptors (Lipinski definition) is 6. The predicted octanol–water partition coefficient (Wildman–Crippen LogP) is -0.319. The molecule has 1 aliphatic rings. The lowest BCUT2D eigenvalue weighted by molar-refractivity contribution is -0.145. The van der Waals surface area contributed by atoms with Crippen molar-refractivity contribution in [2.45, 2.75) is 37.5 Å². The SMILES string of the molecule is COC(=O)C1CCCC1S(=O)(=O)NC(C)CS(C)(=O)=O. The molecule has 3 atom stereocenters. The van der Waals surface area contributed by atoms with Crippen molar-refractivity contribution < 1.29 is 26.4 Å². The minimum atomic E-state index is -3.75. The molecule has 0 aromatic heterocycles. The molecule has 1 rings (SSSR count). The van der Waals surface area contributed by atoms with E-state index < -0.39 is 43.0 Å². The third-order valence-corrected chi connectivity index (χ3v) is 6.47. The highest BCUT2D eigenvalue weighted by molar-refractivity contribution is 7.91. The highest BCUT2D eigenvalue weighted by atomic mass is 32.2. The average molecular weight is 327 g/mol. The molecule has 0 bridgehead atoms. The molecule has 1 N–H and O–H groups in total. The van der Waals surface area contributed by atoms with Crippen LogP contribution in [-0.4, -0.2) is 53.2 Å². The summed E-state index contributed by atoms with van der Waals surface area (Å²) in [5.74, 6) is -1.49. The van der Waals surface area contributed by atoms with Crippen LogP contribution in [-0.2, 0) is 29.4 Å². The van der Waals surface area contributed by atoms with Crippen LogP contribution in [0.2, 0.25) is 0 Å². The minimum absolute atomic E-state index is 0.276. The normalized spacial score (nSPS) is 25.4. The van der Waals surface area contributed by atoms with Crippen LogP contribution in [0.1, 0.15) is 26.2 Å². The first-order chi connectivity index (χ1) is 9.07. The van der Waals surface area contributed by atoms with Gasteiger partial charge in [-0.15, -0.1) is 0 Å². The third kappa shape index (κ3) is 4.71. The van der Waals surface area contributed by atoms with Gasteiger partial charge in [-0.3, -0.25) is 4.79 Å². The second-order valence-electron chi connectivity index (χ2n) is 5.26. The zero-order chi connectivity index (χ0) is 15.6. The number of carbonyl (C=O) groups is 1. The molecule has 0 amide bonds. The average Bonchev–Trinajstić information content (AvgIpc) is 2.73. The van der Waals surface area contributed by atoms with Crippen molar-refractivity contribution >= 4 is 25.8 Å². The second-order valence-corrected chi connectivity index (χ2v) is 9.37. The van der Waals surface area contributed by atoms with Crippen LogP contribution in [0.3, 0.4) is 0 Å². The summed E-state index contributed by atoms with van der Waals surface area (Å²) < 4.78 is 53.8. The summed E-state index contributed by atoms with van der Waals surface area (Å²) in [5, 5.41) is -0.850. The van der Waals surface area contributed by atoms with E-state index in [0.717, 1.165) is 6.26 Å². The van der Waals surface area contributed by atoms with E-state index in [9.17, 15) is 21.6 Å². The smallest absolute Gasteiger partial charge is 0.310 e. The Kier molecular flexibility index (Phi) is 5.56. The van der Waals surface area contributed by atoms with Gasteiger partial charge in [0, 0.05) is 12.3 Å². The third-order valence-electron chi connectivity index (χ3n) is 3.27. The number of sulfone groups is 1. The van der Waals surface area contributed by atoms with Gasteiger partial charge in [0.25, 0.3) is 0 Å². The van der Waals surface area contributed by atoms with Gasteiger partial charge in [-0.05, 0) is 19.8 Å². The Morgan fingerprint density at radius 1 is 1.30 bits per heavy atom. The fourth-order valence-corrected chi connectivity index (χ4v) is 5.65. The van der Waals surface area contributed by atoms with E-state index in [0.29, 0.717) is 19.3 Å². The number of carbonyl (C=O) groups excluding carboxylic acids is 1. The minimum Gasteiger partial charge on any atom is -0.469 e. The van der Waals surface area contributed by atoms with Gasteiger partial charge in [0.05, 0.1) is 24.0 Å². The Bertz CT molecular complexity index is 553. The maximum absolute atomic E-state index is 12.2. The summed E-state index contributed by atoms with van der Waals surface area (Å²) in [6, 6.07) is -0.728. The predicted molar refractivity (Wildman–Crippen MR) is 74.4 cm³/mol. The number of esters is 1. The second kappa shape index (κ2) is 6.40. The highest BCUT2D eigenvalue weighted by Gasteiger charge is 2.42. The molecule has 3 unspecified atom stereocenters. The van der Waals surface area contributed by atoms with Crippen LogP contribution >= 0.6 is 0 Å². The molecule has 7 nitrogen and oxygen atoms in total. The summed E-state index contributed by atoms with van der Waals surface area (Å²) in [4.78, 5) is 11.6. The Morgan fingerprint density at radius 2 is 1.90 bits per heavy atom. The molecule has 1 fully saturated rings. The van der Waals surface area contributed by atoms with Crippen molar-refractivity contribution in [1.82, 2.24) is 4.72 Å². The first-order valence-electron chi connectivity index (χ1n) is 6.33. The molecule has 118 valence electrons. The Hall–Kier alpha value is -0.670. The Morgan fingerprint density at radius 3 is 2.40 bits per heavy atom. The molecule has 0 aliphatic heterocycles. The summed E-state index contributed by atoms with van der Waals surface area (Å²) in [6.45, 7) is 1.49. The maximum atomic E-state index is 12.2. The van der Waals surface area contributed by atoms with Crippen LogP contribution < -0.4 is 4.72 Å². The number of nitrogens with one attached hydrogen (secondary N) is 1. The molecule has 9 heteroatoms. The summed E-state index contributed by atoms with van der Waals surface area (Å²) in [7, 11) is -5.80. The highest BCUT2D eigenvalue weighted by Crippen LogP contribution is 2.31. The van der Waals surface area contributed by atoms with Crippen LogP contribution in [0.15, 0.2) is 0 Å². The lowest BCUT2D eigenvalue weighted by Gasteiger charge is -2.21. The van der Waals surface area contributed by atoms with Gasteiger partial charge in [0.2, 0.25) is 10.0 Å². The fraction of sp³-hybridized carbons (Fsp3) is 0.909. The van der Waals surface area contributed by atoms with E-state index in [1.165, 1.54) is 14.0 Å². The molecule has 20 heavy (non-hydrogen) atoms. The Labute approximate surface area is 120 Å². The van der Waals surface area contributed by atoms with E-state index in [1.54, 1.807) is 0 Å². The van der Waals surface area contributed by atoms with E-state index in [1.807, 2.05) is 0 Å². The lowest BCUT2D eigenvalue weighted by atomic mass is 10.1. The van der Waals surface area contributed by atoms with E-state index >= 15 is 0 Å². The van der Waals surface area contributed by atoms with E-state index in [2.05, 4.69) is 9.46 Å².